The van der Waals surface area contributed by atoms with E-state index >= 15 is 0 Å². The summed E-state index contributed by atoms with van der Waals surface area (Å²) >= 11 is 0. The molecule has 3 heteroatoms. The second-order valence-electron chi connectivity index (χ2n) is 9.53. The zero-order valence-corrected chi connectivity index (χ0v) is 18.8. The molecule has 1 N–H and O–H groups in total. The lowest BCUT2D eigenvalue weighted by molar-refractivity contribution is -0.126. The Hall–Kier alpha value is -2.13. The van der Waals surface area contributed by atoms with Gasteiger partial charge in [-0.15, -0.1) is 0 Å². The third-order valence-corrected chi connectivity index (χ3v) is 7.39. The van der Waals surface area contributed by atoms with Crippen LogP contribution in [0.25, 0.3) is 0 Å². The summed E-state index contributed by atoms with van der Waals surface area (Å²) in [6.07, 6.45) is 9.75. The summed E-state index contributed by atoms with van der Waals surface area (Å²) in [4.78, 5) is 15.2. The molecule has 0 spiro atoms. The maximum atomic E-state index is 12.7. The Morgan fingerprint density at radius 3 is 2.00 bits per heavy atom. The number of hydrogen-bond donors (Lipinski definition) is 1. The van der Waals surface area contributed by atoms with E-state index < -0.39 is 0 Å². The lowest BCUT2D eigenvalue weighted by Crippen LogP contribution is -2.42. The number of likely N-dealkylation sites (tertiary alicyclic amines) is 1. The van der Waals surface area contributed by atoms with Crippen LogP contribution in [0.5, 0.6) is 0 Å². The maximum Gasteiger partial charge on any atom is 0.223 e. The first kappa shape index (κ1) is 22.1. The summed E-state index contributed by atoms with van der Waals surface area (Å²) in [6, 6.07) is 21.8. The van der Waals surface area contributed by atoms with E-state index in [-0.39, 0.29) is 5.92 Å². The molecule has 0 radical (unpaired) electrons. The highest BCUT2D eigenvalue weighted by atomic mass is 16.1. The number of piperidine rings is 1. The van der Waals surface area contributed by atoms with Crippen molar-refractivity contribution in [3.05, 3.63) is 71.8 Å². The smallest absolute Gasteiger partial charge is 0.223 e. The Labute approximate surface area is 188 Å². The Morgan fingerprint density at radius 2 is 1.42 bits per heavy atom. The van der Waals surface area contributed by atoms with Gasteiger partial charge < -0.3 is 10.2 Å². The van der Waals surface area contributed by atoms with E-state index in [4.69, 9.17) is 0 Å². The van der Waals surface area contributed by atoms with Crippen LogP contribution < -0.4 is 5.32 Å². The predicted molar refractivity (Wildman–Crippen MR) is 128 cm³/mol. The molecule has 4 rings (SSSR count). The molecule has 1 amide bonds. The first-order valence-corrected chi connectivity index (χ1v) is 12.4. The Kier molecular flexibility index (Phi) is 8.17. The zero-order chi connectivity index (χ0) is 21.3. The van der Waals surface area contributed by atoms with Crippen molar-refractivity contribution in [2.45, 2.75) is 57.3 Å². The molecule has 2 aromatic carbocycles. The van der Waals surface area contributed by atoms with E-state index in [0.29, 0.717) is 17.7 Å². The number of rotatable bonds is 8. The van der Waals surface area contributed by atoms with E-state index in [1.54, 1.807) is 0 Å². The van der Waals surface area contributed by atoms with Crippen molar-refractivity contribution in [1.82, 2.24) is 10.2 Å². The lowest BCUT2D eigenvalue weighted by Gasteiger charge is -2.33. The number of nitrogens with one attached hydrogen (secondary N) is 1. The average Bonchev–Trinajstić information content (AvgIpc) is 2.85. The second kappa shape index (κ2) is 11.5. The fraction of sp³-hybridized carbons (Fsp3) is 0.536. The number of carbonyl (C=O) groups is 1. The Balaban J connectivity index is 1.24. The molecule has 2 fully saturated rings. The fourth-order valence-corrected chi connectivity index (χ4v) is 5.41. The summed E-state index contributed by atoms with van der Waals surface area (Å²) in [6.45, 7) is 4.06. The van der Waals surface area contributed by atoms with E-state index in [2.05, 4.69) is 70.9 Å². The van der Waals surface area contributed by atoms with Crippen LogP contribution in [0.2, 0.25) is 0 Å². The lowest BCUT2D eigenvalue weighted by atomic mass is 9.87. The van der Waals surface area contributed by atoms with Gasteiger partial charge in [0.15, 0.2) is 0 Å². The van der Waals surface area contributed by atoms with Gasteiger partial charge in [0, 0.05) is 18.4 Å². The normalized spacial score (nSPS) is 18.9. The molecular formula is C28H38N2O. The predicted octanol–water partition coefficient (Wildman–Crippen LogP) is 5.62. The number of hydrogen-bond acceptors (Lipinski definition) is 2. The minimum atomic E-state index is 0.207. The average molecular weight is 419 g/mol. The fourth-order valence-electron chi connectivity index (χ4n) is 5.41. The Bertz CT molecular complexity index is 738. The number of amides is 1. The number of nitrogens with zero attached hydrogens (tertiary/aromatic N) is 1. The molecule has 0 bridgehead atoms. The highest BCUT2D eigenvalue weighted by molar-refractivity contribution is 5.78. The van der Waals surface area contributed by atoms with Gasteiger partial charge in [-0.3, -0.25) is 4.79 Å². The molecule has 166 valence electrons. The van der Waals surface area contributed by atoms with Crippen molar-refractivity contribution in [2.24, 2.45) is 11.8 Å². The van der Waals surface area contributed by atoms with Gasteiger partial charge in [-0.1, -0.05) is 79.9 Å². The monoisotopic (exact) mass is 418 g/mol. The summed E-state index contributed by atoms with van der Waals surface area (Å²) in [7, 11) is 0. The van der Waals surface area contributed by atoms with Crippen LogP contribution in [0.1, 0.15) is 68.4 Å². The second-order valence-corrected chi connectivity index (χ2v) is 9.53. The minimum absolute atomic E-state index is 0.207. The minimum Gasteiger partial charge on any atom is -0.356 e. The zero-order valence-electron chi connectivity index (χ0n) is 18.8. The standard InChI is InChI=1S/C28H38N2O/c31-28(29-22-23-10-4-1-5-11-23)26-16-19-30(20-17-26)21-18-27(24-12-6-2-7-13-24)25-14-8-3-9-15-25/h2-3,6-9,12-15,23,26-27H,1,4-5,10-11,16-22H2,(H,29,31). The highest BCUT2D eigenvalue weighted by Crippen LogP contribution is 2.29. The van der Waals surface area contributed by atoms with Crippen LogP contribution in [0.3, 0.4) is 0 Å². The molecule has 1 heterocycles. The molecule has 31 heavy (non-hydrogen) atoms. The number of carbonyl (C=O) groups excluding carboxylic acids is 1. The van der Waals surface area contributed by atoms with E-state index in [0.717, 1.165) is 45.4 Å². The van der Waals surface area contributed by atoms with Crippen molar-refractivity contribution in [2.75, 3.05) is 26.2 Å². The molecule has 0 unspecified atom stereocenters. The molecule has 2 aliphatic rings. The third-order valence-electron chi connectivity index (χ3n) is 7.39. The van der Waals surface area contributed by atoms with Crippen molar-refractivity contribution >= 4 is 5.91 Å². The van der Waals surface area contributed by atoms with Gasteiger partial charge in [0.2, 0.25) is 5.91 Å². The van der Waals surface area contributed by atoms with Crippen LogP contribution in [0.4, 0.5) is 0 Å². The molecule has 1 aliphatic heterocycles. The van der Waals surface area contributed by atoms with E-state index in [1.165, 1.54) is 43.2 Å². The molecule has 1 saturated heterocycles. The van der Waals surface area contributed by atoms with E-state index in [1.807, 2.05) is 0 Å². The Morgan fingerprint density at radius 1 is 0.839 bits per heavy atom. The summed E-state index contributed by atoms with van der Waals surface area (Å²) in [5.74, 6) is 1.65. The first-order valence-electron chi connectivity index (χ1n) is 12.4. The molecule has 1 saturated carbocycles. The largest absolute Gasteiger partial charge is 0.356 e. The van der Waals surface area contributed by atoms with Crippen LogP contribution in [-0.4, -0.2) is 37.0 Å². The van der Waals surface area contributed by atoms with Gasteiger partial charge in [0.25, 0.3) is 0 Å². The van der Waals surface area contributed by atoms with E-state index in [9.17, 15) is 4.79 Å². The van der Waals surface area contributed by atoms with Gasteiger partial charge in [-0.25, -0.2) is 0 Å². The van der Waals surface area contributed by atoms with Gasteiger partial charge in [-0.2, -0.15) is 0 Å². The quantitative estimate of drug-likeness (QED) is 0.604. The van der Waals surface area contributed by atoms with Crippen molar-refractivity contribution in [3.8, 4) is 0 Å². The van der Waals surface area contributed by atoms with Crippen molar-refractivity contribution in [1.29, 1.82) is 0 Å². The van der Waals surface area contributed by atoms with Crippen molar-refractivity contribution in [3.63, 3.8) is 0 Å². The molecule has 0 aromatic heterocycles. The van der Waals surface area contributed by atoms with Crippen molar-refractivity contribution < 1.29 is 4.79 Å². The van der Waals surface area contributed by atoms with Crippen LogP contribution in [0, 0.1) is 11.8 Å². The first-order chi connectivity index (χ1) is 15.3. The van der Waals surface area contributed by atoms with Gasteiger partial charge >= 0.3 is 0 Å². The molecule has 2 aromatic rings. The number of benzene rings is 2. The van der Waals surface area contributed by atoms with Crippen LogP contribution >= 0.6 is 0 Å². The van der Waals surface area contributed by atoms with Gasteiger partial charge in [-0.05, 0) is 68.8 Å². The summed E-state index contributed by atoms with van der Waals surface area (Å²) in [5.41, 5.74) is 2.79. The third kappa shape index (κ3) is 6.43. The van der Waals surface area contributed by atoms with Gasteiger partial charge in [0.1, 0.15) is 0 Å². The summed E-state index contributed by atoms with van der Waals surface area (Å²) in [5, 5.41) is 3.27. The molecule has 0 atom stereocenters. The SMILES string of the molecule is O=C(NCC1CCCCC1)C1CCN(CCC(c2ccccc2)c2ccccc2)CC1. The molecule has 1 aliphatic carbocycles. The van der Waals surface area contributed by atoms with Crippen LogP contribution in [-0.2, 0) is 4.79 Å². The topological polar surface area (TPSA) is 32.3 Å². The highest BCUT2D eigenvalue weighted by Gasteiger charge is 2.26. The summed E-state index contributed by atoms with van der Waals surface area (Å²) < 4.78 is 0. The van der Waals surface area contributed by atoms with Crippen LogP contribution in [0.15, 0.2) is 60.7 Å². The molecular weight excluding hydrogens is 380 g/mol. The van der Waals surface area contributed by atoms with Gasteiger partial charge in [0.05, 0.1) is 0 Å². The maximum absolute atomic E-state index is 12.7. The molecule has 3 nitrogen and oxygen atoms in total.